The van der Waals surface area contributed by atoms with Crippen LogP contribution in [0.15, 0.2) is 36.4 Å². The lowest BCUT2D eigenvalue weighted by atomic mass is 9.82. The van der Waals surface area contributed by atoms with Crippen LogP contribution < -0.4 is 15.4 Å². The average Bonchev–Trinajstić information content (AvgIpc) is 3.54. The SMILES string of the molecule is C#CCOCCI.C#CCOCCOc1cccc2c1C(=O)C(C1CCC(=O)NC1=O)C2=O.O=C1CCC(C2C(=O)c3cccc(O)c3C2=O)C(=O)N1. The number of amides is 4. The van der Waals surface area contributed by atoms with Crippen LogP contribution in [0.2, 0.25) is 0 Å². The Kier molecular flexibility index (Phi) is 14.5. The van der Waals surface area contributed by atoms with Crippen molar-refractivity contribution in [3.8, 4) is 36.2 Å². The molecule has 6 rings (SSSR count). The number of hydrogen-bond acceptors (Lipinski definition) is 12. The second-order valence-electron chi connectivity index (χ2n) is 12.0. The maximum Gasteiger partial charge on any atom is 0.230 e. The molecule has 2 aliphatic heterocycles. The molecule has 0 bridgehead atoms. The first-order chi connectivity index (χ1) is 25.5. The number of fused-ring (bicyclic) bond motifs is 2. The normalized spacial score (nSPS) is 21.5. The number of Topliss-reactive ketones (excluding diaryl/α,β-unsaturated/α-hetero) is 4. The molecule has 15 heteroatoms. The van der Waals surface area contributed by atoms with Crippen LogP contribution in [0.5, 0.6) is 11.5 Å². The summed E-state index contributed by atoms with van der Waals surface area (Å²) in [4.78, 5) is 96.5. The average molecular weight is 839 g/mol. The second kappa shape index (κ2) is 19.0. The van der Waals surface area contributed by atoms with Crippen LogP contribution in [0, 0.1) is 48.4 Å². The van der Waals surface area contributed by atoms with E-state index in [2.05, 4.69) is 45.1 Å². The van der Waals surface area contributed by atoms with Crippen LogP contribution in [0.25, 0.3) is 0 Å². The van der Waals surface area contributed by atoms with E-state index in [4.69, 9.17) is 27.1 Å². The number of terminal acetylenes is 2. The highest BCUT2D eigenvalue weighted by atomic mass is 127. The van der Waals surface area contributed by atoms with Crippen LogP contribution in [-0.4, -0.2) is 89.3 Å². The lowest BCUT2D eigenvalue weighted by molar-refractivity contribution is -0.138. The third kappa shape index (κ3) is 9.42. The maximum atomic E-state index is 12.9. The van der Waals surface area contributed by atoms with Gasteiger partial charge in [-0.2, -0.15) is 0 Å². The van der Waals surface area contributed by atoms with Gasteiger partial charge in [-0.3, -0.25) is 49.0 Å². The Balaban J connectivity index is 0.000000205. The number of nitrogens with one attached hydrogen (secondary N) is 2. The molecule has 2 fully saturated rings. The Morgan fingerprint density at radius 2 is 1.17 bits per heavy atom. The minimum absolute atomic E-state index is 0.0211. The lowest BCUT2D eigenvalue weighted by Gasteiger charge is -2.24. The molecule has 2 aromatic carbocycles. The molecule has 276 valence electrons. The van der Waals surface area contributed by atoms with Gasteiger partial charge in [0.15, 0.2) is 23.1 Å². The van der Waals surface area contributed by atoms with E-state index in [1.165, 1.54) is 18.2 Å². The molecule has 4 unspecified atom stereocenters. The Morgan fingerprint density at radius 3 is 1.66 bits per heavy atom. The summed E-state index contributed by atoms with van der Waals surface area (Å²) in [5.41, 5.74) is 0.549. The predicted molar refractivity (Wildman–Crippen MR) is 194 cm³/mol. The number of rotatable bonds is 10. The number of hydrogen-bond donors (Lipinski definition) is 3. The van der Waals surface area contributed by atoms with Crippen molar-refractivity contribution in [2.24, 2.45) is 23.7 Å². The number of halogens is 1. The largest absolute Gasteiger partial charge is 0.507 e. The van der Waals surface area contributed by atoms with Gasteiger partial charge in [0.1, 0.15) is 31.3 Å². The molecule has 14 nitrogen and oxygen atoms in total. The van der Waals surface area contributed by atoms with E-state index in [0.717, 1.165) is 11.0 Å². The van der Waals surface area contributed by atoms with E-state index >= 15 is 0 Å². The monoisotopic (exact) mass is 838 g/mol. The molecule has 0 spiro atoms. The van der Waals surface area contributed by atoms with Crippen LogP contribution in [0.3, 0.4) is 0 Å². The molecule has 3 N–H and O–H groups in total. The summed E-state index contributed by atoms with van der Waals surface area (Å²) >= 11 is 2.23. The number of ketones is 4. The number of phenolic OH excluding ortho intramolecular Hbond substituents is 1. The molecule has 0 radical (unpaired) electrons. The third-order valence-corrected chi connectivity index (χ3v) is 9.11. The number of carbonyl (C=O) groups excluding carboxylic acids is 8. The van der Waals surface area contributed by atoms with Gasteiger partial charge in [0.05, 0.1) is 48.0 Å². The number of benzene rings is 2. The number of alkyl halides is 1. The smallest absolute Gasteiger partial charge is 0.230 e. The summed E-state index contributed by atoms with van der Waals surface area (Å²) in [5.74, 6) is -3.02. The van der Waals surface area contributed by atoms with Gasteiger partial charge < -0.3 is 19.3 Å². The van der Waals surface area contributed by atoms with Gasteiger partial charge in [-0.25, -0.2) is 0 Å². The predicted octanol–water partition coefficient (Wildman–Crippen LogP) is 2.27. The number of imide groups is 2. The van der Waals surface area contributed by atoms with Crippen molar-refractivity contribution in [3.63, 3.8) is 0 Å². The van der Waals surface area contributed by atoms with Crippen molar-refractivity contribution in [3.05, 3.63) is 58.7 Å². The third-order valence-electron chi connectivity index (χ3n) is 8.67. The zero-order chi connectivity index (χ0) is 38.7. The number of piperidine rings is 2. The van der Waals surface area contributed by atoms with Crippen molar-refractivity contribution >= 4 is 69.4 Å². The topological polar surface area (TPSA) is 209 Å². The fourth-order valence-corrected chi connectivity index (χ4v) is 6.63. The second-order valence-corrected chi connectivity index (χ2v) is 13.0. The molecule has 2 saturated heterocycles. The fourth-order valence-electron chi connectivity index (χ4n) is 6.31. The van der Waals surface area contributed by atoms with Gasteiger partial charge in [-0.15, -0.1) is 12.8 Å². The zero-order valence-corrected chi connectivity index (χ0v) is 30.5. The van der Waals surface area contributed by atoms with Crippen molar-refractivity contribution in [2.45, 2.75) is 25.7 Å². The quantitative estimate of drug-likeness (QED) is 0.0787. The summed E-state index contributed by atoms with van der Waals surface area (Å²) in [6, 6.07) is 9.03. The minimum Gasteiger partial charge on any atom is -0.507 e. The van der Waals surface area contributed by atoms with Gasteiger partial charge in [0.2, 0.25) is 23.6 Å². The maximum absolute atomic E-state index is 12.9. The summed E-state index contributed by atoms with van der Waals surface area (Å²) < 4.78 is 16.6. The Hall–Kier alpha value is -5.23. The van der Waals surface area contributed by atoms with Crippen molar-refractivity contribution in [1.29, 1.82) is 0 Å². The zero-order valence-electron chi connectivity index (χ0n) is 28.3. The Morgan fingerprint density at radius 1 is 0.679 bits per heavy atom. The molecule has 4 atom stereocenters. The molecule has 0 saturated carbocycles. The fraction of sp³-hybridized carbons (Fsp3) is 0.368. The minimum atomic E-state index is -1.13. The van der Waals surface area contributed by atoms with E-state index in [1.54, 1.807) is 18.2 Å². The van der Waals surface area contributed by atoms with Crippen LogP contribution in [0.4, 0.5) is 0 Å². The van der Waals surface area contributed by atoms with Crippen molar-refractivity contribution in [1.82, 2.24) is 10.6 Å². The van der Waals surface area contributed by atoms with E-state index in [-0.39, 0.29) is 79.3 Å². The van der Waals surface area contributed by atoms with Crippen LogP contribution in [0.1, 0.15) is 67.1 Å². The summed E-state index contributed by atoms with van der Waals surface area (Å²) in [6.07, 6.45) is 10.5. The lowest BCUT2D eigenvalue weighted by Crippen LogP contribution is -2.46. The van der Waals surface area contributed by atoms with Gasteiger partial charge in [-0.1, -0.05) is 58.7 Å². The first-order valence-electron chi connectivity index (χ1n) is 16.5. The molecular formula is C38H35IN2O12. The van der Waals surface area contributed by atoms with Gasteiger partial charge in [0, 0.05) is 28.4 Å². The highest BCUT2D eigenvalue weighted by Gasteiger charge is 2.50. The summed E-state index contributed by atoms with van der Waals surface area (Å²) in [6.45, 7) is 1.79. The summed E-state index contributed by atoms with van der Waals surface area (Å²) in [7, 11) is 0. The van der Waals surface area contributed by atoms with Crippen molar-refractivity contribution < 1.29 is 57.7 Å². The van der Waals surface area contributed by atoms with E-state index < -0.39 is 70.4 Å². The molecular weight excluding hydrogens is 803 g/mol. The van der Waals surface area contributed by atoms with Crippen molar-refractivity contribution in [2.75, 3.05) is 37.5 Å². The van der Waals surface area contributed by atoms with Gasteiger partial charge in [0.25, 0.3) is 0 Å². The molecule has 2 heterocycles. The molecule has 53 heavy (non-hydrogen) atoms. The number of aromatic hydroxyl groups is 1. The van der Waals surface area contributed by atoms with Crippen LogP contribution >= 0.6 is 22.6 Å². The number of carbonyl (C=O) groups is 8. The van der Waals surface area contributed by atoms with E-state index in [1.807, 2.05) is 0 Å². The molecule has 4 amide bonds. The van der Waals surface area contributed by atoms with Gasteiger partial charge in [-0.05, 0) is 25.0 Å². The van der Waals surface area contributed by atoms with Gasteiger partial charge >= 0.3 is 0 Å². The molecule has 2 aromatic rings. The molecule has 0 aromatic heterocycles. The van der Waals surface area contributed by atoms with E-state index in [0.29, 0.717) is 6.61 Å². The molecule has 4 aliphatic rings. The summed E-state index contributed by atoms with van der Waals surface area (Å²) in [5, 5.41) is 14.1. The molecule has 2 aliphatic carbocycles. The Bertz CT molecular complexity index is 1910. The van der Waals surface area contributed by atoms with Crippen LogP contribution in [-0.2, 0) is 28.7 Å². The van der Waals surface area contributed by atoms with E-state index in [9.17, 15) is 43.5 Å². The highest BCUT2D eigenvalue weighted by molar-refractivity contribution is 14.1. The first kappa shape index (κ1) is 40.5. The number of ether oxygens (including phenoxy) is 3. The number of phenols is 1. The first-order valence-corrected chi connectivity index (χ1v) is 18.0. The standard InChI is InChI=1S/C19H17NO6.C14H11NO5.C5H7IO/c1-2-8-25-9-10-26-13-5-3-4-11-15(13)18(23)16(17(11)22)12-6-7-14(21)20-19(12)24;16-8-3-1-2-6-10(8)13(19)11(12(6)18)7-4-5-9(17)15-14(7)20;1-2-4-7-5-3-6/h1,3-5,12,16H,6-10H2,(H,20,21,24);1-3,7,11,16H,4-5H2,(H,15,17,20);1H,3-5H2. The highest BCUT2D eigenvalue weighted by Crippen LogP contribution is 2.40. The Labute approximate surface area is 318 Å².